The van der Waals surface area contributed by atoms with E-state index >= 15 is 0 Å². The standard InChI is InChI=1S/C20H15ClF2N2O3/c21-13-3-1-12(2-4-13)17-18(24-7-9-28-10-8-24)20(27)25(19(17)26)14-5-6-15(22)16(23)11-14/h1-6,11H,7-10H2. The highest BCUT2D eigenvalue weighted by Crippen LogP contribution is 2.35. The van der Waals surface area contributed by atoms with Crippen molar-refractivity contribution in [2.45, 2.75) is 0 Å². The second-order valence-electron chi connectivity index (χ2n) is 6.37. The molecule has 144 valence electrons. The van der Waals surface area contributed by atoms with Gasteiger partial charge in [-0.1, -0.05) is 23.7 Å². The second kappa shape index (κ2) is 7.33. The van der Waals surface area contributed by atoms with Crippen molar-refractivity contribution in [2.24, 2.45) is 0 Å². The molecule has 2 aliphatic rings. The van der Waals surface area contributed by atoms with Crippen molar-refractivity contribution < 1.29 is 23.1 Å². The van der Waals surface area contributed by atoms with Crippen molar-refractivity contribution >= 4 is 34.7 Å². The molecule has 4 rings (SSSR count). The molecule has 1 fully saturated rings. The van der Waals surface area contributed by atoms with Gasteiger partial charge >= 0.3 is 0 Å². The fraction of sp³-hybridized carbons (Fsp3) is 0.200. The molecule has 2 aliphatic heterocycles. The Labute approximate surface area is 164 Å². The lowest BCUT2D eigenvalue weighted by atomic mass is 10.0. The Morgan fingerprint density at radius 3 is 2.21 bits per heavy atom. The normalized spacial score (nSPS) is 17.7. The van der Waals surface area contributed by atoms with Gasteiger partial charge < -0.3 is 9.64 Å². The number of anilines is 1. The summed E-state index contributed by atoms with van der Waals surface area (Å²) in [6.45, 7) is 1.72. The van der Waals surface area contributed by atoms with Crippen LogP contribution >= 0.6 is 11.6 Å². The predicted octanol–water partition coefficient (Wildman–Crippen LogP) is 3.23. The molecule has 2 aromatic carbocycles. The lowest BCUT2D eigenvalue weighted by molar-refractivity contribution is -0.121. The summed E-state index contributed by atoms with van der Waals surface area (Å²) in [6, 6.07) is 9.48. The molecule has 2 aromatic rings. The molecule has 0 atom stereocenters. The van der Waals surface area contributed by atoms with Crippen molar-refractivity contribution in [3.8, 4) is 0 Å². The quantitative estimate of drug-likeness (QED) is 0.737. The molecule has 0 radical (unpaired) electrons. The van der Waals surface area contributed by atoms with Gasteiger partial charge in [0.25, 0.3) is 11.8 Å². The van der Waals surface area contributed by atoms with E-state index < -0.39 is 23.4 Å². The maximum atomic E-state index is 13.7. The summed E-state index contributed by atoms with van der Waals surface area (Å²) in [4.78, 5) is 29.0. The van der Waals surface area contributed by atoms with Gasteiger partial charge in [0, 0.05) is 24.2 Å². The zero-order valence-corrected chi connectivity index (χ0v) is 15.4. The van der Waals surface area contributed by atoms with Gasteiger partial charge in [0.15, 0.2) is 11.6 Å². The molecule has 0 spiro atoms. The Kier molecular flexibility index (Phi) is 4.87. The fourth-order valence-corrected chi connectivity index (χ4v) is 3.46. The average Bonchev–Trinajstić information content (AvgIpc) is 2.96. The van der Waals surface area contributed by atoms with Crippen LogP contribution in [0.1, 0.15) is 5.56 Å². The minimum atomic E-state index is -1.13. The van der Waals surface area contributed by atoms with Gasteiger partial charge in [-0.05, 0) is 29.8 Å². The topological polar surface area (TPSA) is 49.9 Å². The first-order valence-electron chi connectivity index (χ1n) is 8.64. The third-order valence-corrected chi connectivity index (χ3v) is 4.93. The number of morpholine rings is 1. The van der Waals surface area contributed by atoms with Gasteiger partial charge in [0.05, 0.1) is 24.5 Å². The summed E-state index contributed by atoms with van der Waals surface area (Å²) in [5.74, 6) is -3.37. The minimum Gasteiger partial charge on any atom is -0.378 e. The van der Waals surface area contributed by atoms with Crippen LogP contribution in [0, 0.1) is 11.6 Å². The van der Waals surface area contributed by atoms with Crippen LogP contribution in [-0.2, 0) is 14.3 Å². The van der Waals surface area contributed by atoms with Crippen LogP contribution in [0.2, 0.25) is 5.02 Å². The van der Waals surface area contributed by atoms with Crippen molar-refractivity contribution in [1.29, 1.82) is 0 Å². The van der Waals surface area contributed by atoms with E-state index in [1.54, 1.807) is 29.2 Å². The lowest BCUT2D eigenvalue weighted by Gasteiger charge is -2.29. The number of hydrogen-bond acceptors (Lipinski definition) is 4. The van der Waals surface area contributed by atoms with Gasteiger partial charge in [0.1, 0.15) is 5.70 Å². The maximum absolute atomic E-state index is 13.7. The van der Waals surface area contributed by atoms with E-state index in [1.165, 1.54) is 6.07 Å². The average molecular weight is 405 g/mol. The Hall–Kier alpha value is -2.77. The molecule has 2 heterocycles. The highest BCUT2D eigenvalue weighted by Gasteiger charge is 2.43. The summed E-state index contributed by atoms with van der Waals surface area (Å²) >= 11 is 5.94. The first-order valence-corrected chi connectivity index (χ1v) is 9.02. The van der Waals surface area contributed by atoms with Crippen molar-refractivity contribution in [1.82, 2.24) is 4.90 Å². The summed E-state index contributed by atoms with van der Waals surface area (Å²) in [5, 5.41) is 0.492. The van der Waals surface area contributed by atoms with E-state index in [9.17, 15) is 18.4 Å². The molecule has 1 saturated heterocycles. The largest absolute Gasteiger partial charge is 0.378 e. The number of hydrogen-bond donors (Lipinski definition) is 0. The van der Waals surface area contributed by atoms with Crippen molar-refractivity contribution in [3.05, 3.63) is 70.4 Å². The van der Waals surface area contributed by atoms with Gasteiger partial charge in [-0.25, -0.2) is 13.7 Å². The number of carbonyl (C=O) groups excluding carboxylic acids is 2. The summed E-state index contributed by atoms with van der Waals surface area (Å²) in [6.07, 6.45) is 0. The van der Waals surface area contributed by atoms with Crippen molar-refractivity contribution in [2.75, 3.05) is 31.2 Å². The number of nitrogens with zero attached hydrogens (tertiary/aromatic N) is 2. The van der Waals surface area contributed by atoms with Crippen molar-refractivity contribution in [3.63, 3.8) is 0 Å². The molecule has 2 amide bonds. The molecule has 0 aromatic heterocycles. The number of rotatable bonds is 3. The van der Waals surface area contributed by atoms with Gasteiger partial charge in [-0.2, -0.15) is 0 Å². The van der Waals surface area contributed by atoms with Crippen LogP contribution in [0.4, 0.5) is 14.5 Å². The van der Waals surface area contributed by atoms with Crippen LogP contribution in [-0.4, -0.2) is 43.0 Å². The zero-order valence-electron chi connectivity index (χ0n) is 14.6. The van der Waals surface area contributed by atoms with E-state index in [0.29, 0.717) is 36.9 Å². The highest BCUT2D eigenvalue weighted by molar-refractivity contribution is 6.45. The molecular weight excluding hydrogens is 390 g/mol. The molecule has 5 nitrogen and oxygen atoms in total. The van der Waals surface area contributed by atoms with Gasteiger partial charge in [-0.15, -0.1) is 0 Å². The zero-order chi connectivity index (χ0) is 19.8. The van der Waals surface area contributed by atoms with Crippen LogP contribution in [0.5, 0.6) is 0 Å². The van der Waals surface area contributed by atoms with Crippen LogP contribution in [0.25, 0.3) is 5.57 Å². The first kappa shape index (κ1) is 18.6. The Morgan fingerprint density at radius 2 is 1.57 bits per heavy atom. The molecule has 0 saturated carbocycles. The van der Waals surface area contributed by atoms with E-state index in [1.807, 2.05) is 0 Å². The monoisotopic (exact) mass is 404 g/mol. The number of carbonyl (C=O) groups is 2. The summed E-state index contributed by atoms with van der Waals surface area (Å²) in [5.41, 5.74) is 0.923. The molecule has 28 heavy (non-hydrogen) atoms. The molecule has 0 aliphatic carbocycles. The third-order valence-electron chi connectivity index (χ3n) is 4.68. The smallest absolute Gasteiger partial charge is 0.282 e. The maximum Gasteiger partial charge on any atom is 0.282 e. The number of imide groups is 1. The number of halogens is 3. The van der Waals surface area contributed by atoms with Crippen LogP contribution < -0.4 is 4.90 Å². The number of benzene rings is 2. The summed E-state index contributed by atoms with van der Waals surface area (Å²) < 4.78 is 32.4. The predicted molar refractivity (Wildman–Crippen MR) is 99.6 cm³/mol. The summed E-state index contributed by atoms with van der Waals surface area (Å²) in [7, 11) is 0. The molecule has 0 N–H and O–H groups in total. The SMILES string of the molecule is O=C1C(c2ccc(Cl)cc2)=C(N2CCOCC2)C(=O)N1c1ccc(F)c(F)c1. The molecule has 0 unspecified atom stereocenters. The highest BCUT2D eigenvalue weighted by atomic mass is 35.5. The second-order valence-corrected chi connectivity index (χ2v) is 6.81. The molecule has 0 bridgehead atoms. The number of ether oxygens (including phenoxy) is 1. The van der Waals surface area contributed by atoms with Crippen LogP contribution in [0.15, 0.2) is 48.2 Å². The van der Waals surface area contributed by atoms with Gasteiger partial charge in [0.2, 0.25) is 0 Å². The van der Waals surface area contributed by atoms with E-state index in [0.717, 1.165) is 17.0 Å². The third kappa shape index (κ3) is 3.16. The molecule has 8 heteroatoms. The molecular formula is C20H15ClF2N2O3. The fourth-order valence-electron chi connectivity index (χ4n) is 3.33. The van der Waals surface area contributed by atoms with E-state index in [-0.39, 0.29) is 17.0 Å². The Morgan fingerprint density at radius 1 is 0.893 bits per heavy atom. The van der Waals surface area contributed by atoms with Gasteiger partial charge in [-0.3, -0.25) is 9.59 Å². The van der Waals surface area contributed by atoms with E-state index in [4.69, 9.17) is 16.3 Å². The Bertz CT molecular complexity index is 985. The van der Waals surface area contributed by atoms with Crippen LogP contribution in [0.3, 0.4) is 0 Å². The minimum absolute atomic E-state index is 0.0244. The lowest BCUT2D eigenvalue weighted by Crippen LogP contribution is -2.40. The Balaban J connectivity index is 1.82. The first-order chi connectivity index (χ1) is 13.5. The van der Waals surface area contributed by atoms with E-state index in [2.05, 4.69) is 0 Å². The number of amides is 2.